The molecule has 0 atom stereocenters. The van der Waals surface area contributed by atoms with Crippen LogP contribution in [0.3, 0.4) is 0 Å². The average Bonchev–Trinajstić information content (AvgIpc) is 2.90. The van der Waals surface area contributed by atoms with Gasteiger partial charge in [-0.3, -0.25) is 4.79 Å². The van der Waals surface area contributed by atoms with Gasteiger partial charge >= 0.3 is 5.97 Å². The number of carbonyl (C=O) groups is 2. The maximum Gasteiger partial charge on any atom is 0.335 e. The van der Waals surface area contributed by atoms with Crippen LogP contribution in [0.15, 0.2) is 35.0 Å². The van der Waals surface area contributed by atoms with Crippen molar-refractivity contribution in [3.8, 4) is 0 Å². The molecule has 1 amide bonds. The lowest BCUT2D eigenvalue weighted by Gasteiger charge is -2.22. The predicted molar refractivity (Wildman–Crippen MR) is 81.2 cm³/mol. The minimum absolute atomic E-state index is 0.153. The van der Waals surface area contributed by atoms with Crippen molar-refractivity contribution in [3.05, 3.63) is 51.7 Å². The summed E-state index contributed by atoms with van der Waals surface area (Å²) in [4.78, 5) is 24.8. The number of benzene rings is 1. The van der Waals surface area contributed by atoms with E-state index in [1.165, 1.54) is 28.4 Å². The maximum absolute atomic E-state index is 12.5. The molecule has 0 spiro atoms. The number of anilines is 1. The monoisotopic (exact) mass is 305 g/mol. The number of carboxylic acid groups (broad SMARTS) is 1. The molecule has 21 heavy (non-hydrogen) atoms. The third kappa shape index (κ3) is 3.29. The zero-order valence-electron chi connectivity index (χ0n) is 11.4. The molecule has 6 heteroatoms. The van der Waals surface area contributed by atoms with Crippen molar-refractivity contribution >= 4 is 28.9 Å². The Morgan fingerprint density at radius 2 is 1.86 bits per heavy atom. The van der Waals surface area contributed by atoms with Crippen molar-refractivity contribution in [3.63, 3.8) is 0 Å². The van der Waals surface area contributed by atoms with Crippen LogP contribution >= 0.6 is 11.3 Å². The van der Waals surface area contributed by atoms with E-state index in [0.717, 1.165) is 5.56 Å². The Morgan fingerprint density at radius 3 is 2.33 bits per heavy atom. The van der Waals surface area contributed by atoms with E-state index in [-0.39, 0.29) is 24.6 Å². The van der Waals surface area contributed by atoms with Crippen LogP contribution in [-0.4, -0.2) is 35.2 Å². The maximum atomic E-state index is 12.5. The topological polar surface area (TPSA) is 77.8 Å². The Kier molecular flexibility index (Phi) is 4.72. The molecule has 5 nitrogen and oxygen atoms in total. The molecule has 2 N–H and O–H groups in total. The molecule has 0 saturated carbocycles. The highest BCUT2D eigenvalue weighted by molar-refractivity contribution is 7.08. The molecule has 0 aliphatic carbocycles. The van der Waals surface area contributed by atoms with Crippen molar-refractivity contribution in [1.82, 2.24) is 0 Å². The van der Waals surface area contributed by atoms with Crippen LogP contribution in [0, 0.1) is 6.92 Å². The molecule has 110 valence electrons. The smallest absolute Gasteiger partial charge is 0.335 e. The van der Waals surface area contributed by atoms with E-state index in [0.29, 0.717) is 11.3 Å². The molecule has 0 unspecified atom stereocenters. The first-order valence-corrected chi connectivity index (χ1v) is 7.27. The third-order valence-corrected chi connectivity index (χ3v) is 3.94. The summed E-state index contributed by atoms with van der Waals surface area (Å²) < 4.78 is 0. The predicted octanol–water partition coefficient (Wildman–Crippen LogP) is 2.39. The SMILES string of the molecule is Cc1cscc1C(=O)N(CCO)c1ccc(C(=O)O)cc1. The van der Waals surface area contributed by atoms with Crippen LogP contribution in [0.25, 0.3) is 0 Å². The fraction of sp³-hybridized carbons (Fsp3) is 0.200. The van der Waals surface area contributed by atoms with Crippen molar-refractivity contribution < 1.29 is 19.8 Å². The molecule has 1 heterocycles. The van der Waals surface area contributed by atoms with E-state index in [9.17, 15) is 14.7 Å². The number of aliphatic hydroxyl groups is 1. The highest BCUT2D eigenvalue weighted by Crippen LogP contribution is 2.21. The second-order valence-corrected chi connectivity index (χ2v) is 5.24. The summed E-state index contributed by atoms with van der Waals surface area (Å²) in [5, 5.41) is 21.7. The van der Waals surface area contributed by atoms with Gasteiger partial charge < -0.3 is 15.1 Å². The first kappa shape index (κ1) is 15.2. The lowest BCUT2D eigenvalue weighted by atomic mass is 10.1. The number of carbonyl (C=O) groups excluding carboxylic acids is 1. The number of aliphatic hydroxyl groups excluding tert-OH is 1. The molecular formula is C15H15NO4S. The molecule has 0 aliphatic rings. The van der Waals surface area contributed by atoms with Gasteiger partial charge in [-0.2, -0.15) is 11.3 Å². The van der Waals surface area contributed by atoms with Gasteiger partial charge in [0.2, 0.25) is 0 Å². The number of nitrogens with zero attached hydrogens (tertiary/aromatic N) is 1. The summed E-state index contributed by atoms with van der Waals surface area (Å²) in [6.07, 6.45) is 0. The van der Waals surface area contributed by atoms with Gasteiger partial charge in [0, 0.05) is 17.6 Å². The number of aromatic carboxylic acids is 1. The Hall–Kier alpha value is -2.18. The van der Waals surface area contributed by atoms with Crippen LogP contribution < -0.4 is 4.90 Å². The summed E-state index contributed by atoms with van der Waals surface area (Å²) in [7, 11) is 0. The van der Waals surface area contributed by atoms with Gasteiger partial charge in [0.1, 0.15) is 0 Å². The van der Waals surface area contributed by atoms with Crippen LogP contribution in [0.5, 0.6) is 0 Å². The number of aryl methyl sites for hydroxylation is 1. The summed E-state index contributed by atoms with van der Waals surface area (Å²) in [6.45, 7) is 1.84. The van der Waals surface area contributed by atoms with Crippen molar-refractivity contribution in [2.45, 2.75) is 6.92 Å². The molecule has 2 rings (SSSR count). The standard InChI is InChI=1S/C15H15NO4S/c1-10-8-21-9-13(10)14(18)16(6-7-17)12-4-2-11(3-5-12)15(19)20/h2-5,8-9,17H,6-7H2,1H3,(H,19,20). The van der Waals surface area contributed by atoms with E-state index < -0.39 is 5.97 Å². The van der Waals surface area contributed by atoms with Gasteiger partial charge in [0.15, 0.2) is 0 Å². The first-order valence-electron chi connectivity index (χ1n) is 6.33. The van der Waals surface area contributed by atoms with Gasteiger partial charge in [-0.25, -0.2) is 4.79 Å². The Labute approximate surface area is 126 Å². The first-order chi connectivity index (χ1) is 10.0. The van der Waals surface area contributed by atoms with Crippen LogP contribution in [0.1, 0.15) is 26.3 Å². The largest absolute Gasteiger partial charge is 0.478 e. The minimum atomic E-state index is -1.02. The molecule has 1 aromatic carbocycles. The molecular weight excluding hydrogens is 290 g/mol. The number of hydrogen-bond donors (Lipinski definition) is 2. The summed E-state index contributed by atoms with van der Waals surface area (Å²) in [5.74, 6) is -1.22. The van der Waals surface area contributed by atoms with Crippen molar-refractivity contribution in [1.29, 1.82) is 0 Å². The average molecular weight is 305 g/mol. The lowest BCUT2D eigenvalue weighted by Crippen LogP contribution is -2.33. The van der Waals surface area contributed by atoms with Crippen molar-refractivity contribution in [2.24, 2.45) is 0 Å². The third-order valence-electron chi connectivity index (χ3n) is 3.08. The second-order valence-electron chi connectivity index (χ2n) is 4.50. The number of carboxylic acids is 1. The summed E-state index contributed by atoms with van der Waals surface area (Å²) >= 11 is 1.44. The van der Waals surface area contributed by atoms with Gasteiger partial charge in [0.25, 0.3) is 5.91 Å². The van der Waals surface area contributed by atoms with Gasteiger partial charge in [0.05, 0.1) is 17.7 Å². The fourth-order valence-electron chi connectivity index (χ4n) is 1.96. The highest BCUT2D eigenvalue weighted by Gasteiger charge is 2.19. The van der Waals surface area contributed by atoms with Crippen LogP contribution in [-0.2, 0) is 0 Å². The molecule has 2 aromatic rings. The van der Waals surface area contributed by atoms with Crippen LogP contribution in [0.2, 0.25) is 0 Å². The normalized spacial score (nSPS) is 10.4. The molecule has 0 radical (unpaired) electrons. The lowest BCUT2D eigenvalue weighted by molar-refractivity contribution is 0.0696. The van der Waals surface area contributed by atoms with Gasteiger partial charge in [-0.15, -0.1) is 0 Å². The summed E-state index contributed by atoms with van der Waals surface area (Å²) in [6, 6.07) is 6.02. The van der Waals surface area contributed by atoms with E-state index in [4.69, 9.17) is 5.11 Å². The molecule has 0 aliphatic heterocycles. The Balaban J connectivity index is 2.32. The second kappa shape index (κ2) is 6.51. The van der Waals surface area contributed by atoms with Crippen molar-refractivity contribution in [2.75, 3.05) is 18.1 Å². The minimum Gasteiger partial charge on any atom is -0.478 e. The number of thiophene rings is 1. The van der Waals surface area contributed by atoms with E-state index in [2.05, 4.69) is 0 Å². The Morgan fingerprint density at radius 1 is 1.19 bits per heavy atom. The number of amides is 1. The quantitative estimate of drug-likeness (QED) is 0.889. The van der Waals surface area contributed by atoms with Gasteiger partial charge in [-0.1, -0.05) is 0 Å². The van der Waals surface area contributed by atoms with E-state index >= 15 is 0 Å². The molecule has 1 aromatic heterocycles. The zero-order valence-corrected chi connectivity index (χ0v) is 12.3. The Bertz CT molecular complexity index is 648. The molecule has 0 saturated heterocycles. The number of rotatable bonds is 5. The fourth-order valence-corrected chi connectivity index (χ4v) is 2.78. The molecule has 0 fully saturated rings. The zero-order chi connectivity index (χ0) is 15.4. The molecule has 0 bridgehead atoms. The van der Waals surface area contributed by atoms with E-state index in [1.807, 2.05) is 12.3 Å². The highest BCUT2D eigenvalue weighted by atomic mass is 32.1. The number of hydrogen-bond acceptors (Lipinski definition) is 4. The van der Waals surface area contributed by atoms with Gasteiger partial charge in [-0.05, 0) is 42.1 Å². The van der Waals surface area contributed by atoms with Crippen LogP contribution in [0.4, 0.5) is 5.69 Å². The summed E-state index contributed by atoms with van der Waals surface area (Å²) in [5.41, 5.74) is 2.19. The van der Waals surface area contributed by atoms with E-state index in [1.54, 1.807) is 17.5 Å².